The summed E-state index contributed by atoms with van der Waals surface area (Å²) in [6.45, 7) is 5.26. The van der Waals surface area contributed by atoms with Gasteiger partial charge in [0.2, 0.25) is 0 Å². The Balaban J connectivity index is 3.97. The van der Waals surface area contributed by atoms with Crippen molar-refractivity contribution in [2.24, 2.45) is 0 Å². The summed E-state index contributed by atoms with van der Waals surface area (Å²) in [4.78, 5) is 36.1. The van der Waals surface area contributed by atoms with Crippen molar-refractivity contribution in [3.63, 3.8) is 0 Å². The van der Waals surface area contributed by atoms with Crippen molar-refractivity contribution >= 4 is 17.9 Å². The highest BCUT2D eigenvalue weighted by Gasteiger charge is 2.14. The predicted octanol–water partition coefficient (Wildman–Crippen LogP) is 10.7. The minimum Gasteiger partial charge on any atom is -0.465 e. The lowest BCUT2D eigenvalue weighted by atomic mass is 10.0. The van der Waals surface area contributed by atoms with Crippen LogP contribution in [-0.4, -0.2) is 48.9 Å². The van der Waals surface area contributed by atoms with Crippen LogP contribution in [0, 0.1) is 0 Å². The van der Waals surface area contributed by atoms with Crippen molar-refractivity contribution < 1.29 is 33.7 Å². The summed E-state index contributed by atoms with van der Waals surface area (Å²) in [5.41, 5.74) is 0. The lowest BCUT2D eigenvalue weighted by Gasteiger charge is -2.18. The highest BCUT2D eigenvalue weighted by atomic mass is 16.5. The Labute approximate surface area is 288 Å². The van der Waals surface area contributed by atoms with Crippen LogP contribution >= 0.6 is 0 Å². The van der Waals surface area contributed by atoms with Crippen molar-refractivity contribution in [3.05, 3.63) is 24.3 Å². The van der Waals surface area contributed by atoms with Crippen molar-refractivity contribution in [1.29, 1.82) is 0 Å². The number of rotatable bonds is 35. The van der Waals surface area contributed by atoms with Crippen LogP contribution in [-0.2, 0) is 28.6 Å². The molecule has 0 fully saturated rings. The maximum Gasteiger partial charge on any atom is 0.306 e. The second-order valence-electron chi connectivity index (χ2n) is 12.9. The van der Waals surface area contributed by atoms with E-state index in [2.05, 4.69) is 32.1 Å². The molecule has 274 valence electrons. The lowest BCUT2D eigenvalue weighted by Crippen LogP contribution is -2.18. The molecule has 7 heteroatoms. The zero-order valence-electron chi connectivity index (χ0n) is 30.5. The van der Waals surface area contributed by atoms with Gasteiger partial charge in [-0.1, -0.05) is 115 Å². The maximum absolute atomic E-state index is 12.2. The number of esters is 3. The van der Waals surface area contributed by atoms with Gasteiger partial charge in [0.05, 0.1) is 6.61 Å². The normalized spacial score (nSPS) is 12.1. The largest absolute Gasteiger partial charge is 0.465 e. The molecule has 0 aromatic carbocycles. The molecular weight excluding hydrogens is 592 g/mol. The lowest BCUT2D eigenvalue weighted by molar-refractivity contribution is -0.150. The molecule has 0 amide bonds. The zero-order chi connectivity index (χ0) is 34.5. The number of hydrogen-bond donors (Lipinski definition) is 1. The average Bonchev–Trinajstić information content (AvgIpc) is 3.06. The van der Waals surface area contributed by atoms with Gasteiger partial charge in [-0.15, -0.1) is 0 Å². The Morgan fingerprint density at radius 2 is 0.979 bits per heavy atom. The van der Waals surface area contributed by atoms with Crippen molar-refractivity contribution in [2.45, 2.75) is 193 Å². The highest BCUT2D eigenvalue weighted by molar-refractivity contribution is 5.70. The first-order valence-corrected chi connectivity index (χ1v) is 19.4. The SMILES string of the molecule is CCCCCC/C=C/CCOC(=O)CCCCCCCC(CCCCCCCC(=O)OC/C=C/CCCCCC)OC(=O)CCCO. The van der Waals surface area contributed by atoms with E-state index in [-0.39, 0.29) is 37.0 Å². The van der Waals surface area contributed by atoms with Crippen LogP contribution in [0.25, 0.3) is 0 Å². The van der Waals surface area contributed by atoms with E-state index in [1.807, 2.05) is 6.08 Å². The van der Waals surface area contributed by atoms with Gasteiger partial charge in [0, 0.05) is 25.9 Å². The third-order valence-electron chi connectivity index (χ3n) is 8.32. The van der Waals surface area contributed by atoms with E-state index in [1.165, 1.54) is 51.4 Å². The number of carbonyl (C=O) groups is 3. The first kappa shape index (κ1) is 44.9. The van der Waals surface area contributed by atoms with Gasteiger partial charge in [0.1, 0.15) is 12.7 Å². The molecular formula is C40H72O7. The Morgan fingerprint density at radius 1 is 0.511 bits per heavy atom. The number of ether oxygens (including phenoxy) is 3. The summed E-state index contributed by atoms with van der Waals surface area (Å²) in [6, 6.07) is 0. The smallest absolute Gasteiger partial charge is 0.306 e. The topological polar surface area (TPSA) is 99.1 Å². The molecule has 7 nitrogen and oxygen atoms in total. The Bertz CT molecular complexity index is 777. The fraction of sp³-hybridized carbons (Fsp3) is 0.825. The van der Waals surface area contributed by atoms with E-state index in [4.69, 9.17) is 19.3 Å². The molecule has 0 spiro atoms. The predicted molar refractivity (Wildman–Crippen MR) is 193 cm³/mol. The minimum atomic E-state index is -0.227. The highest BCUT2D eigenvalue weighted by Crippen LogP contribution is 2.18. The zero-order valence-corrected chi connectivity index (χ0v) is 30.5. The van der Waals surface area contributed by atoms with Gasteiger partial charge in [-0.25, -0.2) is 0 Å². The molecule has 1 atom stereocenters. The maximum atomic E-state index is 12.2. The van der Waals surface area contributed by atoms with Crippen molar-refractivity contribution in [2.75, 3.05) is 19.8 Å². The van der Waals surface area contributed by atoms with Crippen LogP contribution < -0.4 is 0 Å². The quantitative estimate of drug-likeness (QED) is 0.0311. The van der Waals surface area contributed by atoms with Crippen LogP contribution in [0.3, 0.4) is 0 Å². The summed E-state index contributed by atoms with van der Waals surface area (Å²) in [5.74, 6) is -0.454. The summed E-state index contributed by atoms with van der Waals surface area (Å²) in [7, 11) is 0. The van der Waals surface area contributed by atoms with Crippen LogP contribution in [0.5, 0.6) is 0 Å². The molecule has 1 N–H and O–H groups in total. The molecule has 1 unspecified atom stereocenters. The van der Waals surface area contributed by atoms with E-state index in [9.17, 15) is 14.4 Å². The fourth-order valence-corrected chi connectivity index (χ4v) is 5.40. The first-order valence-electron chi connectivity index (χ1n) is 19.4. The standard InChI is InChI=1S/C40H72O7/c1-3-5-7-9-11-13-21-27-36-46-39(43)32-25-19-15-17-23-30-37(47-40(44)33-28-34-41)29-22-16-14-18-24-31-38(42)45-35-26-20-12-10-8-6-4-2/h13,20-21,26,37,41H,3-12,14-19,22-25,27-36H2,1-2H3/b21-13+,26-20+. The Kier molecular flexibility index (Phi) is 35.0. The number of unbranched alkanes of at least 4 members (excludes halogenated alkanes) is 16. The molecule has 0 rings (SSSR count). The van der Waals surface area contributed by atoms with Gasteiger partial charge in [0.25, 0.3) is 0 Å². The Hall–Kier alpha value is -2.15. The summed E-state index contributed by atoms with van der Waals surface area (Å²) < 4.78 is 16.4. The number of hydrogen-bond acceptors (Lipinski definition) is 7. The molecule has 0 heterocycles. The second kappa shape index (κ2) is 36.7. The van der Waals surface area contributed by atoms with E-state index in [0.717, 1.165) is 96.3 Å². The monoisotopic (exact) mass is 665 g/mol. The molecule has 0 aromatic rings. The number of allylic oxidation sites excluding steroid dienone is 2. The molecule has 47 heavy (non-hydrogen) atoms. The van der Waals surface area contributed by atoms with Crippen LogP contribution in [0.15, 0.2) is 24.3 Å². The van der Waals surface area contributed by atoms with Crippen LogP contribution in [0.2, 0.25) is 0 Å². The van der Waals surface area contributed by atoms with Crippen LogP contribution in [0.1, 0.15) is 187 Å². The average molecular weight is 665 g/mol. The van der Waals surface area contributed by atoms with Gasteiger partial charge in [0.15, 0.2) is 0 Å². The third kappa shape index (κ3) is 35.0. The first-order chi connectivity index (χ1) is 23.0. The van der Waals surface area contributed by atoms with Gasteiger partial charge >= 0.3 is 17.9 Å². The number of carbonyl (C=O) groups excluding carboxylic acids is 3. The summed E-state index contributed by atoms with van der Waals surface area (Å²) >= 11 is 0. The van der Waals surface area contributed by atoms with E-state index in [0.29, 0.717) is 32.5 Å². The fourth-order valence-electron chi connectivity index (χ4n) is 5.40. The van der Waals surface area contributed by atoms with Gasteiger partial charge in [-0.2, -0.15) is 0 Å². The number of aliphatic hydroxyl groups excluding tert-OH is 1. The molecule has 0 aromatic heterocycles. The van der Waals surface area contributed by atoms with Crippen molar-refractivity contribution in [3.8, 4) is 0 Å². The summed E-state index contributed by atoms with van der Waals surface area (Å²) in [6.07, 6.45) is 34.5. The summed E-state index contributed by atoms with van der Waals surface area (Å²) in [5, 5.41) is 9.04. The second-order valence-corrected chi connectivity index (χ2v) is 12.9. The molecule has 0 aliphatic heterocycles. The third-order valence-corrected chi connectivity index (χ3v) is 8.32. The van der Waals surface area contributed by atoms with Gasteiger partial charge in [-0.05, 0) is 77.0 Å². The molecule has 0 aliphatic rings. The number of aliphatic hydroxyl groups is 1. The molecule has 0 saturated heterocycles. The molecule has 0 bridgehead atoms. The van der Waals surface area contributed by atoms with Gasteiger partial charge in [-0.3, -0.25) is 14.4 Å². The van der Waals surface area contributed by atoms with Crippen LogP contribution in [0.4, 0.5) is 0 Å². The Morgan fingerprint density at radius 3 is 1.55 bits per heavy atom. The molecule has 0 radical (unpaired) electrons. The van der Waals surface area contributed by atoms with Gasteiger partial charge < -0.3 is 19.3 Å². The van der Waals surface area contributed by atoms with E-state index < -0.39 is 0 Å². The van der Waals surface area contributed by atoms with Crippen molar-refractivity contribution in [1.82, 2.24) is 0 Å². The van der Waals surface area contributed by atoms with E-state index in [1.54, 1.807) is 0 Å². The minimum absolute atomic E-state index is 0.00702. The molecule has 0 aliphatic carbocycles. The molecule has 0 saturated carbocycles. The van der Waals surface area contributed by atoms with E-state index >= 15 is 0 Å².